The van der Waals surface area contributed by atoms with Crippen LogP contribution in [-0.4, -0.2) is 29.3 Å². The highest BCUT2D eigenvalue weighted by Gasteiger charge is 2.32. The Hall–Kier alpha value is -2.24. The number of carbonyl (C=O) groups is 1. The molecule has 0 spiro atoms. The normalized spacial score (nSPS) is 16.6. The van der Waals surface area contributed by atoms with Crippen molar-refractivity contribution < 1.29 is 14.1 Å². The molecule has 0 radical (unpaired) electrons. The molecule has 1 fully saturated rings. The van der Waals surface area contributed by atoms with Crippen LogP contribution in [0.15, 0.2) is 16.0 Å². The van der Waals surface area contributed by atoms with Crippen LogP contribution in [0.1, 0.15) is 65.6 Å². The van der Waals surface area contributed by atoms with E-state index in [1.807, 2.05) is 19.9 Å². The van der Waals surface area contributed by atoms with Crippen LogP contribution < -0.4 is 5.32 Å². The molecule has 132 valence electrons. The van der Waals surface area contributed by atoms with E-state index >= 15 is 0 Å². The summed E-state index contributed by atoms with van der Waals surface area (Å²) in [7, 11) is 0. The third-order valence-corrected chi connectivity index (χ3v) is 5.17. The number of ether oxygens (including phenoxy) is 1. The number of thiophene rings is 1. The standard InChI is InChI=1S/C17H20N4O3S/c1-10(2)15-20-17(24-21-15)13(11-3-6-23-7-4-11)19-16(22)14-12(9-18)5-8-25-14/h5,8,10-11,13H,3-4,6-7H2,1-2H3,(H,19,22)/t13-/m1/s1. The van der Waals surface area contributed by atoms with Crippen LogP contribution in [0.2, 0.25) is 0 Å². The van der Waals surface area contributed by atoms with Gasteiger partial charge in [0.15, 0.2) is 5.82 Å². The Labute approximate surface area is 150 Å². The van der Waals surface area contributed by atoms with Crippen LogP contribution in [0.3, 0.4) is 0 Å². The van der Waals surface area contributed by atoms with Crippen molar-refractivity contribution in [3.05, 3.63) is 33.6 Å². The number of nitriles is 1. The first kappa shape index (κ1) is 17.6. The molecule has 1 aliphatic heterocycles. The van der Waals surface area contributed by atoms with Crippen molar-refractivity contribution >= 4 is 17.2 Å². The van der Waals surface area contributed by atoms with E-state index in [0.717, 1.165) is 12.8 Å². The molecule has 0 bridgehead atoms. The van der Waals surface area contributed by atoms with Crippen molar-refractivity contribution in [2.45, 2.75) is 38.6 Å². The zero-order chi connectivity index (χ0) is 17.8. The maximum atomic E-state index is 12.7. The van der Waals surface area contributed by atoms with Crippen molar-refractivity contribution in [3.63, 3.8) is 0 Å². The predicted molar refractivity (Wildman–Crippen MR) is 91.2 cm³/mol. The Morgan fingerprint density at radius 2 is 2.20 bits per heavy atom. The monoisotopic (exact) mass is 360 g/mol. The fourth-order valence-electron chi connectivity index (χ4n) is 2.82. The molecule has 3 heterocycles. The molecule has 1 saturated heterocycles. The largest absolute Gasteiger partial charge is 0.381 e. The zero-order valence-corrected chi connectivity index (χ0v) is 15.0. The molecule has 0 unspecified atom stereocenters. The summed E-state index contributed by atoms with van der Waals surface area (Å²) < 4.78 is 10.9. The minimum atomic E-state index is -0.384. The van der Waals surface area contributed by atoms with Crippen molar-refractivity contribution in [1.82, 2.24) is 15.5 Å². The van der Waals surface area contributed by atoms with Gasteiger partial charge in [0.05, 0.1) is 5.56 Å². The summed E-state index contributed by atoms with van der Waals surface area (Å²) in [5.74, 6) is 1.05. The second-order valence-electron chi connectivity index (χ2n) is 6.32. The molecule has 0 saturated carbocycles. The summed E-state index contributed by atoms with van der Waals surface area (Å²) in [5.41, 5.74) is 0.377. The van der Waals surface area contributed by atoms with Gasteiger partial charge in [0, 0.05) is 19.1 Å². The molecular formula is C17H20N4O3S. The molecule has 0 aliphatic carbocycles. The third kappa shape index (κ3) is 3.89. The van der Waals surface area contributed by atoms with E-state index in [1.165, 1.54) is 11.3 Å². The number of carbonyl (C=O) groups excluding carboxylic acids is 1. The Morgan fingerprint density at radius 1 is 1.44 bits per heavy atom. The zero-order valence-electron chi connectivity index (χ0n) is 14.2. The molecular weight excluding hydrogens is 340 g/mol. The highest BCUT2D eigenvalue weighted by atomic mass is 32.1. The predicted octanol–water partition coefficient (Wildman–Crippen LogP) is 3.02. The second-order valence-corrected chi connectivity index (χ2v) is 7.24. The molecule has 1 atom stereocenters. The lowest BCUT2D eigenvalue weighted by molar-refractivity contribution is 0.0468. The lowest BCUT2D eigenvalue weighted by Crippen LogP contribution is -2.36. The number of hydrogen-bond acceptors (Lipinski definition) is 7. The maximum Gasteiger partial charge on any atom is 0.263 e. The van der Waals surface area contributed by atoms with Gasteiger partial charge in [-0.3, -0.25) is 4.79 Å². The number of amides is 1. The quantitative estimate of drug-likeness (QED) is 0.879. The number of hydrogen-bond donors (Lipinski definition) is 1. The van der Waals surface area contributed by atoms with Crippen LogP contribution in [0.4, 0.5) is 0 Å². The first-order valence-electron chi connectivity index (χ1n) is 8.29. The summed E-state index contributed by atoms with van der Waals surface area (Å²) in [6.07, 6.45) is 1.61. The SMILES string of the molecule is CC(C)c1noc([C@H](NC(=O)c2sccc2C#N)C2CCOCC2)n1. The lowest BCUT2D eigenvalue weighted by atomic mass is 9.91. The summed E-state index contributed by atoms with van der Waals surface area (Å²) in [4.78, 5) is 17.6. The van der Waals surface area contributed by atoms with Crippen LogP contribution in [0.5, 0.6) is 0 Å². The molecule has 2 aromatic rings. The van der Waals surface area contributed by atoms with Gasteiger partial charge in [-0.25, -0.2) is 0 Å². The summed E-state index contributed by atoms with van der Waals surface area (Å²) >= 11 is 1.25. The van der Waals surface area contributed by atoms with Gasteiger partial charge in [-0.2, -0.15) is 10.2 Å². The second kappa shape index (κ2) is 7.76. The lowest BCUT2D eigenvalue weighted by Gasteiger charge is -2.28. The van der Waals surface area contributed by atoms with Crippen molar-refractivity contribution in [2.75, 3.05) is 13.2 Å². The topological polar surface area (TPSA) is 101 Å². The Bertz CT molecular complexity index is 771. The van der Waals surface area contributed by atoms with Crippen LogP contribution in [0, 0.1) is 17.2 Å². The molecule has 0 aromatic carbocycles. The first-order valence-corrected chi connectivity index (χ1v) is 9.17. The molecule has 1 amide bonds. The van der Waals surface area contributed by atoms with Gasteiger partial charge in [0.1, 0.15) is 17.0 Å². The molecule has 1 aliphatic rings. The Balaban J connectivity index is 1.85. The van der Waals surface area contributed by atoms with Crippen molar-refractivity contribution in [2.24, 2.45) is 5.92 Å². The van der Waals surface area contributed by atoms with Gasteiger partial charge in [-0.05, 0) is 30.2 Å². The van der Waals surface area contributed by atoms with Crippen molar-refractivity contribution in [1.29, 1.82) is 5.26 Å². The van der Waals surface area contributed by atoms with E-state index in [-0.39, 0.29) is 23.8 Å². The fourth-order valence-corrected chi connectivity index (χ4v) is 3.57. The minimum absolute atomic E-state index is 0.144. The average Bonchev–Trinajstić information content (AvgIpc) is 3.29. The van der Waals surface area contributed by atoms with Gasteiger partial charge < -0.3 is 14.6 Å². The molecule has 3 rings (SSSR count). The van der Waals surface area contributed by atoms with Gasteiger partial charge in [-0.15, -0.1) is 11.3 Å². The van der Waals surface area contributed by atoms with E-state index in [0.29, 0.717) is 35.4 Å². The summed E-state index contributed by atoms with van der Waals surface area (Å²) in [6, 6.07) is 3.31. The van der Waals surface area contributed by atoms with Crippen molar-refractivity contribution in [3.8, 4) is 6.07 Å². The van der Waals surface area contributed by atoms with Crippen LogP contribution in [-0.2, 0) is 4.74 Å². The smallest absolute Gasteiger partial charge is 0.263 e. The van der Waals surface area contributed by atoms with Crippen LogP contribution >= 0.6 is 11.3 Å². The molecule has 2 aromatic heterocycles. The van der Waals surface area contributed by atoms with Gasteiger partial charge in [0.2, 0.25) is 5.89 Å². The fraction of sp³-hybridized carbons (Fsp3) is 0.529. The minimum Gasteiger partial charge on any atom is -0.381 e. The van der Waals surface area contributed by atoms with Gasteiger partial charge in [-0.1, -0.05) is 19.0 Å². The number of aromatic nitrogens is 2. The number of rotatable bonds is 5. The summed E-state index contributed by atoms with van der Waals surface area (Å²) in [5, 5.41) is 17.9. The maximum absolute atomic E-state index is 12.7. The van der Waals surface area contributed by atoms with Gasteiger partial charge >= 0.3 is 0 Å². The first-order chi connectivity index (χ1) is 12.1. The Kier molecular flexibility index (Phi) is 5.46. The highest BCUT2D eigenvalue weighted by molar-refractivity contribution is 7.12. The number of nitrogens with one attached hydrogen (secondary N) is 1. The molecule has 1 N–H and O–H groups in total. The van der Waals surface area contributed by atoms with E-state index in [1.54, 1.807) is 11.4 Å². The highest BCUT2D eigenvalue weighted by Crippen LogP contribution is 2.31. The van der Waals surface area contributed by atoms with Gasteiger partial charge in [0.25, 0.3) is 5.91 Å². The third-order valence-electron chi connectivity index (χ3n) is 4.26. The summed E-state index contributed by atoms with van der Waals surface area (Å²) in [6.45, 7) is 5.26. The number of nitrogens with zero attached hydrogens (tertiary/aromatic N) is 3. The van der Waals surface area contributed by atoms with Crippen LogP contribution in [0.25, 0.3) is 0 Å². The van der Waals surface area contributed by atoms with E-state index in [4.69, 9.17) is 14.5 Å². The molecule has 7 nitrogen and oxygen atoms in total. The van der Waals surface area contributed by atoms with E-state index in [9.17, 15) is 4.79 Å². The molecule has 8 heteroatoms. The average molecular weight is 360 g/mol. The molecule has 25 heavy (non-hydrogen) atoms. The van der Waals surface area contributed by atoms with E-state index < -0.39 is 0 Å². The van der Waals surface area contributed by atoms with E-state index in [2.05, 4.69) is 15.5 Å². The Morgan fingerprint density at radius 3 is 2.84 bits per heavy atom.